The van der Waals surface area contributed by atoms with Crippen LogP contribution in [0.2, 0.25) is 0 Å². The molecule has 512 valence electrons. The molecule has 3 aliphatic carbocycles. The Kier molecular flexibility index (Phi) is 20.0. The molecule has 0 saturated heterocycles. The number of para-hydroxylation sites is 3. The lowest BCUT2D eigenvalue weighted by molar-refractivity contribution is 0.394. The fourth-order valence-electron chi connectivity index (χ4n) is 19.1. The van der Waals surface area contributed by atoms with Crippen LogP contribution in [0.1, 0.15) is 255 Å². The summed E-state index contributed by atoms with van der Waals surface area (Å²) >= 11 is 0. The average Bonchev–Trinajstić information content (AvgIpc) is 1.53. The van der Waals surface area contributed by atoms with Gasteiger partial charge >= 0.3 is 0 Å². The highest BCUT2D eigenvalue weighted by Gasteiger charge is 2.49. The Morgan fingerprint density at radius 3 is 1.32 bits per heavy atom. The number of hydrogen-bond donors (Lipinski definition) is 0. The highest BCUT2D eigenvalue weighted by molar-refractivity contribution is 6.20. The lowest BCUT2D eigenvalue weighted by Crippen LogP contribution is -2.27. The fraction of sp³-hybridized carbons (Fsp3) is 0.381. The van der Waals surface area contributed by atoms with Crippen LogP contribution in [-0.2, 0) is 16.2 Å². The van der Waals surface area contributed by atoms with Crippen LogP contribution in [0.3, 0.4) is 0 Å². The van der Waals surface area contributed by atoms with Crippen molar-refractivity contribution in [3.05, 3.63) is 234 Å². The predicted octanol–water partition coefficient (Wildman–Crippen LogP) is 30.1. The summed E-state index contributed by atoms with van der Waals surface area (Å²) in [6, 6.07) is 77.1. The van der Waals surface area contributed by atoms with Gasteiger partial charge in [0.1, 0.15) is 22.3 Å². The molecule has 15 rings (SSSR count). The van der Waals surface area contributed by atoms with E-state index in [0.29, 0.717) is 0 Å². The van der Waals surface area contributed by atoms with Gasteiger partial charge in [-0.3, -0.25) is 0 Å². The zero-order valence-electron chi connectivity index (χ0n) is 61.1. The van der Waals surface area contributed by atoms with Crippen LogP contribution < -0.4 is 4.90 Å². The van der Waals surface area contributed by atoms with Crippen LogP contribution in [0.15, 0.2) is 209 Å². The molecule has 0 bridgehead atoms. The van der Waals surface area contributed by atoms with Gasteiger partial charge in [0.15, 0.2) is 0 Å². The summed E-state index contributed by atoms with van der Waals surface area (Å²) in [5, 5.41) is 4.95. The molecule has 12 aromatic rings. The number of fused-ring (bicyclic) bond motifs is 17. The van der Waals surface area contributed by atoms with Crippen molar-refractivity contribution in [3.8, 4) is 55.6 Å². The predicted molar refractivity (Wildman–Crippen MR) is 429 cm³/mol. The Balaban J connectivity index is 0.914. The average molecular weight is 1320 g/mol. The first kappa shape index (κ1) is 67.4. The molecule has 0 atom stereocenters. The maximum atomic E-state index is 7.11. The van der Waals surface area contributed by atoms with Gasteiger partial charge in [0, 0.05) is 60.4 Å². The number of benzene rings is 10. The standard InChI is InChI=1S/C97H107NO2/c1-7-11-15-19-23-39-59-96(60-40-24-20-16-12-8-2)81-57-58-89-92(76-49-35-37-51-87(76)99-89)91(81)80-67-84-78(65-85(80)96)74-55-53-71(64-83(74)97(84,61-41-25-21-17-13-9-3)62-42-26-22-18-14-10-4)98(69-45-31-28-32-46-69)70-54-56-75-82(63-70)95(5,6)86-66-79(73-48-34-33-47-72(73)68-43-29-27-30-44-68)94-93(90(75)86)77-50-36-38-52-88(77)100-94/h27-38,43-58,63-67H,7-26,39-42,59-62H2,1-6H3. The second-order valence-corrected chi connectivity index (χ2v) is 31.0. The first-order valence-electron chi connectivity index (χ1n) is 39.7. The Bertz CT molecular complexity index is 4810. The lowest BCUT2D eigenvalue weighted by atomic mass is 9.68. The molecule has 3 heteroatoms. The molecule has 10 aromatic carbocycles. The topological polar surface area (TPSA) is 29.5 Å². The number of unbranched alkanes of at least 4 members (excludes halogenated alkanes) is 20. The van der Waals surface area contributed by atoms with Gasteiger partial charge in [-0.2, -0.15) is 0 Å². The van der Waals surface area contributed by atoms with Crippen molar-refractivity contribution >= 4 is 60.9 Å². The monoisotopic (exact) mass is 1320 g/mol. The van der Waals surface area contributed by atoms with E-state index < -0.39 is 0 Å². The molecule has 2 heterocycles. The lowest BCUT2D eigenvalue weighted by Gasteiger charge is -2.35. The van der Waals surface area contributed by atoms with Crippen molar-refractivity contribution in [3.63, 3.8) is 0 Å². The van der Waals surface area contributed by atoms with E-state index in [1.165, 1.54) is 261 Å². The number of rotatable bonds is 33. The van der Waals surface area contributed by atoms with Gasteiger partial charge in [-0.15, -0.1) is 0 Å². The van der Waals surface area contributed by atoms with Gasteiger partial charge in [0.2, 0.25) is 0 Å². The summed E-state index contributed by atoms with van der Waals surface area (Å²) in [5.41, 5.74) is 29.1. The van der Waals surface area contributed by atoms with Gasteiger partial charge in [-0.25, -0.2) is 0 Å². The third-order valence-corrected chi connectivity index (χ3v) is 24.3. The SMILES string of the molecule is CCCCCCCCC1(CCCCCCCC)c2cc(N(c3ccccc3)c3ccc4c(c3)C(C)(C)c3cc(-c5ccccc5-c5ccccc5)c5oc6ccccc6c5c3-4)ccc2-c2cc3c(cc21)-c1c(ccc2oc4ccccc4c12)C3(CCCCCCCC)CCCCCCCC. The summed E-state index contributed by atoms with van der Waals surface area (Å²) in [4.78, 5) is 2.61. The molecular weight excluding hydrogens is 1210 g/mol. The molecule has 0 N–H and O–H groups in total. The first-order chi connectivity index (χ1) is 49.2. The van der Waals surface area contributed by atoms with E-state index in [1.807, 2.05) is 0 Å². The van der Waals surface area contributed by atoms with Crippen LogP contribution in [0.4, 0.5) is 17.1 Å². The van der Waals surface area contributed by atoms with Gasteiger partial charge in [0.25, 0.3) is 0 Å². The van der Waals surface area contributed by atoms with E-state index in [1.54, 1.807) is 22.3 Å². The van der Waals surface area contributed by atoms with Crippen molar-refractivity contribution in [1.29, 1.82) is 0 Å². The number of furan rings is 2. The highest BCUT2D eigenvalue weighted by atomic mass is 16.3. The Labute approximate surface area is 597 Å². The summed E-state index contributed by atoms with van der Waals surface area (Å²) in [6.07, 6.45) is 35.6. The minimum atomic E-state index is -0.346. The van der Waals surface area contributed by atoms with Gasteiger partial charge < -0.3 is 13.7 Å². The maximum Gasteiger partial charge on any atom is 0.143 e. The molecule has 0 saturated carbocycles. The summed E-state index contributed by atoms with van der Waals surface area (Å²) in [7, 11) is 0. The number of hydrogen-bond acceptors (Lipinski definition) is 3. The molecule has 3 aliphatic rings. The molecule has 0 aliphatic heterocycles. The minimum absolute atomic E-state index is 0.0957. The minimum Gasteiger partial charge on any atom is -0.456 e. The zero-order valence-corrected chi connectivity index (χ0v) is 61.1. The van der Waals surface area contributed by atoms with Crippen molar-refractivity contribution < 1.29 is 8.83 Å². The number of nitrogens with zero attached hydrogens (tertiary/aromatic N) is 1. The summed E-state index contributed by atoms with van der Waals surface area (Å²) in [6.45, 7) is 14.3. The van der Waals surface area contributed by atoms with E-state index in [9.17, 15) is 0 Å². The summed E-state index contributed by atoms with van der Waals surface area (Å²) in [5.74, 6) is 0. The molecule has 2 aromatic heterocycles. The van der Waals surface area contributed by atoms with E-state index in [-0.39, 0.29) is 16.2 Å². The Morgan fingerprint density at radius 2 is 0.720 bits per heavy atom. The van der Waals surface area contributed by atoms with Crippen LogP contribution in [-0.4, -0.2) is 0 Å². The molecule has 0 spiro atoms. The summed E-state index contributed by atoms with van der Waals surface area (Å²) < 4.78 is 14.0. The third kappa shape index (κ3) is 12.3. The van der Waals surface area contributed by atoms with E-state index >= 15 is 0 Å². The molecule has 0 fully saturated rings. The molecule has 100 heavy (non-hydrogen) atoms. The number of anilines is 3. The van der Waals surface area contributed by atoms with Crippen molar-refractivity contribution in [2.45, 2.75) is 238 Å². The Hall–Kier alpha value is -8.40. The van der Waals surface area contributed by atoms with Crippen molar-refractivity contribution in [2.24, 2.45) is 0 Å². The van der Waals surface area contributed by atoms with Crippen LogP contribution >= 0.6 is 0 Å². The van der Waals surface area contributed by atoms with Crippen LogP contribution in [0.25, 0.3) is 99.5 Å². The molecule has 0 amide bonds. The quantitative estimate of drug-likeness (QED) is 0.0384. The van der Waals surface area contributed by atoms with E-state index in [2.05, 4.69) is 247 Å². The van der Waals surface area contributed by atoms with E-state index in [0.717, 1.165) is 46.1 Å². The molecule has 0 unspecified atom stereocenters. The second-order valence-electron chi connectivity index (χ2n) is 31.0. The molecular formula is C97H107NO2. The van der Waals surface area contributed by atoms with Crippen molar-refractivity contribution in [1.82, 2.24) is 0 Å². The zero-order chi connectivity index (χ0) is 68.2. The normalized spacial score (nSPS) is 14.3. The van der Waals surface area contributed by atoms with E-state index in [4.69, 9.17) is 8.83 Å². The fourth-order valence-corrected chi connectivity index (χ4v) is 19.1. The van der Waals surface area contributed by atoms with Crippen LogP contribution in [0.5, 0.6) is 0 Å². The van der Waals surface area contributed by atoms with Gasteiger partial charge in [-0.05, 0) is 182 Å². The molecule has 0 radical (unpaired) electrons. The maximum absolute atomic E-state index is 7.11. The van der Waals surface area contributed by atoms with Gasteiger partial charge in [-0.1, -0.05) is 323 Å². The Morgan fingerprint density at radius 1 is 0.280 bits per heavy atom. The molecule has 3 nitrogen and oxygen atoms in total. The smallest absolute Gasteiger partial charge is 0.143 e. The van der Waals surface area contributed by atoms with Crippen molar-refractivity contribution in [2.75, 3.05) is 4.90 Å². The second kappa shape index (κ2) is 29.7. The largest absolute Gasteiger partial charge is 0.456 e. The first-order valence-corrected chi connectivity index (χ1v) is 39.7. The van der Waals surface area contributed by atoms with Crippen LogP contribution in [0, 0.1) is 0 Å². The third-order valence-electron chi connectivity index (χ3n) is 24.3. The van der Waals surface area contributed by atoms with Gasteiger partial charge in [0.05, 0.1) is 0 Å². The highest BCUT2D eigenvalue weighted by Crippen LogP contribution is 2.64.